The minimum Gasteiger partial charge on any atom is -0.310 e. The Kier molecular flexibility index (Phi) is 7.74. The maximum atomic E-state index is 2.51. The number of para-hydroxylation sites is 2. The number of aromatic nitrogens is 1. The second-order valence-electron chi connectivity index (χ2n) is 17.7. The summed E-state index contributed by atoms with van der Waals surface area (Å²) in [5, 5.41) is 2.52. The molecule has 12 rings (SSSR count). The first-order valence-electron chi connectivity index (χ1n) is 21.4. The third-order valence-corrected chi connectivity index (χ3v) is 13.4. The van der Waals surface area contributed by atoms with Crippen molar-refractivity contribution in [1.82, 2.24) is 4.57 Å². The molecule has 0 fully saturated rings. The Balaban J connectivity index is 1.09. The van der Waals surface area contributed by atoms with Gasteiger partial charge in [0.15, 0.2) is 0 Å². The van der Waals surface area contributed by atoms with Gasteiger partial charge in [0.1, 0.15) is 0 Å². The molecule has 0 saturated heterocycles. The molecule has 2 heteroatoms. The monoisotopic (exact) mass is 780 g/mol. The molecule has 1 spiro atoms. The molecule has 0 saturated carbocycles. The van der Waals surface area contributed by atoms with E-state index in [1.54, 1.807) is 0 Å². The van der Waals surface area contributed by atoms with Gasteiger partial charge in [-0.1, -0.05) is 178 Å². The van der Waals surface area contributed by atoms with Crippen molar-refractivity contribution < 1.29 is 0 Å². The van der Waals surface area contributed by atoms with Crippen molar-refractivity contribution in [2.24, 2.45) is 0 Å². The zero-order chi connectivity index (χ0) is 40.9. The van der Waals surface area contributed by atoms with Crippen molar-refractivity contribution in [3.8, 4) is 39.1 Å². The van der Waals surface area contributed by atoms with Gasteiger partial charge in [-0.25, -0.2) is 0 Å². The molecule has 0 aliphatic heterocycles. The largest absolute Gasteiger partial charge is 0.310 e. The van der Waals surface area contributed by atoms with Crippen molar-refractivity contribution in [2.75, 3.05) is 4.90 Å². The summed E-state index contributed by atoms with van der Waals surface area (Å²) >= 11 is 0. The first kappa shape index (κ1) is 35.5. The summed E-state index contributed by atoms with van der Waals surface area (Å²) in [6.45, 7) is 6.86. The molecule has 0 atom stereocenters. The topological polar surface area (TPSA) is 8.17 Å². The molecule has 0 amide bonds. The summed E-state index contributed by atoms with van der Waals surface area (Å²) < 4.78 is 2.40. The Morgan fingerprint density at radius 3 is 1.54 bits per heavy atom. The molecule has 2 nitrogen and oxygen atoms in total. The van der Waals surface area contributed by atoms with Gasteiger partial charge in [-0.3, -0.25) is 0 Å². The summed E-state index contributed by atoms with van der Waals surface area (Å²) in [7, 11) is 0. The number of rotatable bonds is 5. The molecule has 0 unspecified atom stereocenters. The summed E-state index contributed by atoms with van der Waals surface area (Å²) in [6, 6.07) is 79.0. The summed E-state index contributed by atoms with van der Waals surface area (Å²) in [4.78, 5) is 2.51. The van der Waals surface area contributed by atoms with Gasteiger partial charge >= 0.3 is 0 Å². The maximum absolute atomic E-state index is 2.51. The van der Waals surface area contributed by atoms with Gasteiger partial charge < -0.3 is 9.47 Å². The van der Waals surface area contributed by atoms with Gasteiger partial charge in [0.2, 0.25) is 0 Å². The summed E-state index contributed by atoms with van der Waals surface area (Å²) in [5.74, 6) is 0. The quantitative estimate of drug-likeness (QED) is 0.169. The molecule has 61 heavy (non-hydrogen) atoms. The van der Waals surface area contributed by atoms with Crippen LogP contribution >= 0.6 is 0 Å². The third kappa shape index (κ3) is 5.09. The number of benzene rings is 9. The molecular formula is C59H44N2. The van der Waals surface area contributed by atoms with Crippen LogP contribution in [0.3, 0.4) is 0 Å². The fourth-order valence-electron chi connectivity index (χ4n) is 10.8. The predicted octanol–water partition coefficient (Wildman–Crippen LogP) is 15.6. The first-order valence-corrected chi connectivity index (χ1v) is 21.4. The van der Waals surface area contributed by atoms with Gasteiger partial charge in [0, 0.05) is 33.4 Å². The van der Waals surface area contributed by atoms with Crippen molar-refractivity contribution in [3.05, 3.63) is 240 Å². The number of anilines is 3. The lowest BCUT2D eigenvalue weighted by atomic mass is 9.70. The van der Waals surface area contributed by atoms with E-state index < -0.39 is 5.41 Å². The van der Waals surface area contributed by atoms with E-state index in [1.807, 2.05) is 0 Å². The second-order valence-corrected chi connectivity index (χ2v) is 17.7. The fraction of sp³-hybridized carbons (Fsp3) is 0.0847. The molecule has 0 radical (unpaired) electrons. The Bertz CT molecular complexity index is 3260. The lowest BCUT2D eigenvalue weighted by Crippen LogP contribution is -2.28. The van der Waals surface area contributed by atoms with Gasteiger partial charge in [-0.2, -0.15) is 0 Å². The van der Waals surface area contributed by atoms with Crippen LogP contribution < -0.4 is 4.90 Å². The van der Waals surface area contributed by atoms with E-state index in [1.165, 1.54) is 88.7 Å². The maximum Gasteiger partial charge on any atom is 0.0746 e. The van der Waals surface area contributed by atoms with Crippen LogP contribution in [-0.2, 0) is 10.8 Å². The molecule has 2 aliphatic carbocycles. The van der Waals surface area contributed by atoms with E-state index in [0.29, 0.717) is 0 Å². The molecular weight excluding hydrogens is 737 g/mol. The Hall–Kier alpha value is -7.42. The van der Waals surface area contributed by atoms with Gasteiger partial charge in [-0.05, 0) is 116 Å². The zero-order valence-corrected chi connectivity index (χ0v) is 34.6. The van der Waals surface area contributed by atoms with E-state index in [4.69, 9.17) is 0 Å². The van der Waals surface area contributed by atoms with Crippen LogP contribution in [-0.4, -0.2) is 4.57 Å². The molecule has 1 heterocycles. The lowest BCUT2D eigenvalue weighted by Gasteiger charge is -2.36. The smallest absolute Gasteiger partial charge is 0.0746 e. The number of nitrogens with zero attached hydrogens (tertiary/aromatic N) is 2. The number of fused-ring (bicyclic) bond motifs is 13. The molecule has 10 aromatic rings. The first-order chi connectivity index (χ1) is 29.9. The minimum absolute atomic E-state index is 0.0343. The van der Waals surface area contributed by atoms with E-state index in [2.05, 4.69) is 243 Å². The van der Waals surface area contributed by atoms with E-state index in [0.717, 1.165) is 17.1 Å². The average molecular weight is 781 g/mol. The highest BCUT2D eigenvalue weighted by Crippen LogP contribution is 2.65. The zero-order valence-electron chi connectivity index (χ0n) is 34.6. The SMILES string of the molecule is CC(C)(C)c1ccc(N(c2ccc(-c3cccc4c3c3ccccc3n4-c3ccccc3)cc2)c2cccc3c2C2(c4ccccc4-c4ccccc42)c2ccccc2-3)cc1. The van der Waals surface area contributed by atoms with Crippen molar-refractivity contribution in [3.63, 3.8) is 0 Å². The molecule has 0 bridgehead atoms. The molecule has 0 N–H and O–H groups in total. The average Bonchev–Trinajstić information content (AvgIpc) is 3.92. The van der Waals surface area contributed by atoms with Crippen molar-refractivity contribution in [2.45, 2.75) is 31.6 Å². The number of hydrogen-bond donors (Lipinski definition) is 0. The third-order valence-electron chi connectivity index (χ3n) is 13.4. The second kappa shape index (κ2) is 13.3. The molecule has 290 valence electrons. The fourth-order valence-corrected chi connectivity index (χ4v) is 10.8. The van der Waals surface area contributed by atoms with Gasteiger partial charge in [-0.15, -0.1) is 0 Å². The van der Waals surface area contributed by atoms with Gasteiger partial charge in [0.25, 0.3) is 0 Å². The highest BCUT2D eigenvalue weighted by molar-refractivity contribution is 6.16. The van der Waals surface area contributed by atoms with Crippen LogP contribution in [0.2, 0.25) is 0 Å². The van der Waals surface area contributed by atoms with Crippen LogP contribution in [0.15, 0.2) is 212 Å². The van der Waals surface area contributed by atoms with Crippen LogP contribution in [0.5, 0.6) is 0 Å². The molecule has 1 aromatic heterocycles. The summed E-state index contributed by atoms with van der Waals surface area (Å²) in [6.07, 6.45) is 0. The summed E-state index contributed by atoms with van der Waals surface area (Å²) in [5.41, 5.74) is 20.9. The Morgan fingerprint density at radius 1 is 0.410 bits per heavy atom. The lowest BCUT2D eigenvalue weighted by molar-refractivity contribution is 0.590. The van der Waals surface area contributed by atoms with E-state index >= 15 is 0 Å². The normalized spacial score (nSPS) is 13.3. The standard InChI is InChI=1S/C59H44N2/c1-58(2,3)40-33-37-43(38-34-40)60(42-35-31-39(32-36-42)44-23-15-29-54-56(44)49-22-10-14-28-53(49)61(54)41-17-5-4-6-18-41)55-30-16-24-48-47-21-9-13-27-52(47)59(57(48)55)50-25-11-7-19-45(50)46-20-8-12-26-51(46)59/h4-38H,1-3H3. The van der Waals surface area contributed by atoms with E-state index in [-0.39, 0.29) is 5.41 Å². The molecule has 2 aliphatic rings. The highest BCUT2D eigenvalue weighted by atomic mass is 15.1. The molecule has 9 aromatic carbocycles. The minimum atomic E-state index is -0.484. The van der Waals surface area contributed by atoms with Gasteiger partial charge in [0.05, 0.1) is 22.1 Å². The predicted molar refractivity (Wildman–Crippen MR) is 256 cm³/mol. The Labute approximate surface area is 357 Å². The number of hydrogen-bond acceptors (Lipinski definition) is 1. The van der Waals surface area contributed by atoms with Crippen molar-refractivity contribution >= 4 is 38.9 Å². The van der Waals surface area contributed by atoms with Crippen molar-refractivity contribution in [1.29, 1.82) is 0 Å². The van der Waals surface area contributed by atoms with Crippen LogP contribution in [0.1, 0.15) is 48.6 Å². The Morgan fingerprint density at radius 2 is 0.902 bits per heavy atom. The van der Waals surface area contributed by atoms with Crippen LogP contribution in [0.4, 0.5) is 17.1 Å². The van der Waals surface area contributed by atoms with Crippen LogP contribution in [0, 0.1) is 0 Å². The highest BCUT2D eigenvalue weighted by Gasteiger charge is 2.53. The van der Waals surface area contributed by atoms with Crippen LogP contribution in [0.25, 0.3) is 60.9 Å². The van der Waals surface area contributed by atoms with E-state index in [9.17, 15) is 0 Å².